The van der Waals surface area contributed by atoms with Crippen molar-refractivity contribution in [2.45, 2.75) is 6.92 Å². The molecule has 0 aliphatic carbocycles. The fourth-order valence-electron chi connectivity index (χ4n) is 2.30. The van der Waals surface area contributed by atoms with Crippen LogP contribution in [0.15, 0.2) is 36.4 Å². The van der Waals surface area contributed by atoms with Crippen molar-refractivity contribution in [3.8, 4) is 17.2 Å². The molecule has 0 heterocycles. The van der Waals surface area contributed by atoms with E-state index in [0.717, 1.165) is 11.1 Å². The van der Waals surface area contributed by atoms with Crippen LogP contribution in [0, 0.1) is 6.92 Å². The highest BCUT2D eigenvalue weighted by Gasteiger charge is 2.12. The Morgan fingerprint density at radius 1 is 1.00 bits per heavy atom. The van der Waals surface area contributed by atoms with E-state index in [0.29, 0.717) is 27.8 Å². The Morgan fingerprint density at radius 3 is 2.33 bits per heavy atom. The predicted molar refractivity (Wildman–Crippen MR) is 95.7 cm³/mol. The smallest absolute Gasteiger partial charge is 0.189 e. The van der Waals surface area contributed by atoms with Crippen LogP contribution in [0.25, 0.3) is 6.08 Å². The van der Waals surface area contributed by atoms with Gasteiger partial charge >= 0.3 is 0 Å². The van der Waals surface area contributed by atoms with E-state index in [-0.39, 0.29) is 5.78 Å². The fraction of sp³-hybridized carbons (Fsp3) is 0.211. The van der Waals surface area contributed by atoms with Crippen LogP contribution in [-0.2, 0) is 0 Å². The lowest BCUT2D eigenvalue weighted by Crippen LogP contribution is -1.99. The molecule has 0 fully saturated rings. The first-order chi connectivity index (χ1) is 11.5. The number of carbonyl (C=O) groups excluding carboxylic acids is 1. The van der Waals surface area contributed by atoms with Gasteiger partial charge in [0, 0.05) is 0 Å². The summed E-state index contributed by atoms with van der Waals surface area (Å²) in [5, 5.41) is 0.414. The van der Waals surface area contributed by atoms with Crippen LogP contribution in [0.5, 0.6) is 17.2 Å². The molecular weight excluding hydrogens is 328 g/mol. The molecule has 4 nitrogen and oxygen atoms in total. The third-order valence-electron chi connectivity index (χ3n) is 3.51. The number of benzene rings is 2. The summed E-state index contributed by atoms with van der Waals surface area (Å²) in [4.78, 5) is 12.4. The summed E-state index contributed by atoms with van der Waals surface area (Å²) < 4.78 is 15.7. The third kappa shape index (κ3) is 3.89. The molecule has 126 valence electrons. The predicted octanol–water partition coefficient (Wildman–Crippen LogP) is 4.57. The van der Waals surface area contributed by atoms with Crippen LogP contribution in [0.3, 0.4) is 0 Å². The summed E-state index contributed by atoms with van der Waals surface area (Å²) in [6.07, 6.45) is 3.15. The number of ketones is 1. The van der Waals surface area contributed by atoms with Crippen molar-refractivity contribution in [2.24, 2.45) is 0 Å². The first-order valence-corrected chi connectivity index (χ1v) is 7.66. The van der Waals surface area contributed by atoms with Gasteiger partial charge in [-0.15, -0.1) is 0 Å². The van der Waals surface area contributed by atoms with Crippen molar-refractivity contribution in [3.63, 3.8) is 0 Å². The van der Waals surface area contributed by atoms with Crippen LogP contribution in [0.2, 0.25) is 5.02 Å². The molecule has 0 amide bonds. The molecule has 0 aromatic heterocycles. The molecule has 0 unspecified atom stereocenters. The zero-order valence-electron chi connectivity index (χ0n) is 14.1. The number of carbonyl (C=O) groups is 1. The zero-order chi connectivity index (χ0) is 17.7. The van der Waals surface area contributed by atoms with Crippen LogP contribution < -0.4 is 14.2 Å². The van der Waals surface area contributed by atoms with Crippen molar-refractivity contribution in [1.82, 2.24) is 0 Å². The van der Waals surface area contributed by atoms with E-state index in [1.807, 2.05) is 19.1 Å². The van der Waals surface area contributed by atoms with Crippen molar-refractivity contribution in [2.75, 3.05) is 21.3 Å². The van der Waals surface area contributed by atoms with Crippen molar-refractivity contribution in [1.29, 1.82) is 0 Å². The highest BCUT2D eigenvalue weighted by Crippen LogP contribution is 2.36. The summed E-state index contributed by atoms with van der Waals surface area (Å²) in [5.74, 6) is 1.36. The zero-order valence-corrected chi connectivity index (χ0v) is 14.8. The minimum Gasteiger partial charge on any atom is -0.496 e. The number of hydrogen-bond acceptors (Lipinski definition) is 4. The Hall–Kier alpha value is -2.46. The van der Waals surface area contributed by atoms with E-state index >= 15 is 0 Å². The Labute approximate surface area is 146 Å². The van der Waals surface area contributed by atoms with Gasteiger partial charge in [-0.2, -0.15) is 0 Å². The molecule has 0 N–H and O–H groups in total. The first-order valence-electron chi connectivity index (χ1n) is 7.28. The van der Waals surface area contributed by atoms with Gasteiger partial charge in [0.2, 0.25) is 0 Å². The number of hydrogen-bond donors (Lipinski definition) is 0. The quantitative estimate of drug-likeness (QED) is 0.567. The van der Waals surface area contributed by atoms with Gasteiger partial charge in [0.05, 0.1) is 31.9 Å². The number of halogens is 1. The molecule has 2 rings (SSSR count). The third-order valence-corrected chi connectivity index (χ3v) is 3.79. The number of ether oxygens (including phenoxy) is 3. The molecule has 2 aromatic rings. The average molecular weight is 347 g/mol. The lowest BCUT2D eigenvalue weighted by molar-refractivity contribution is 0.104. The number of methoxy groups -OCH3 is 3. The molecule has 0 aliphatic heterocycles. The summed E-state index contributed by atoms with van der Waals surface area (Å²) in [7, 11) is 4.60. The normalized spacial score (nSPS) is 10.7. The Bertz CT molecular complexity index is 781. The second-order valence-electron chi connectivity index (χ2n) is 5.14. The van der Waals surface area contributed by atoms with Crippen LogP contribution in [-0.4, -0.2) is 27.1 Å². The second-order valence-corrected chi connectivity index (χ2v) is 5.55. The van der Waals surface area contributed by atoms with E-state index in [1.165, 1.54) is 20.3 Å². The Kier molecular flexibility index (Phi) is 5.88. The monoisotopic (exact) mass is 346 g/mol. The number of aryl methyl sites for hydroxylation is 1. The maximum atomic E-state index is 12.4. The summed E-state index contributed by atoms with van der Waals surface area (Å²) in [5.41, 5.74) is 2.27. The van der Waals surface area contributed by atoms with E-state index in [4.69, 9.17) is 25.8 Å². The summed E-state index contributed by atoms with van der Waals surface area (Å²) in [6, 6.07) is 8.91. The molecule has 5 heteroatoms. The largest absolute Gasteiger partial charge is 0.496 e. The van der Waals surface area contributed by atoms with Gasteiger partial charge in [-0.25, -0.2) is 0 Å². The standard InChI is InChI=1S/C19H19ClO4/c1-12-5-7-14(17(9-12)22-2)16(21)8-6-13-10-15(20)19(24-4)18(11-13)23-3/h5-11H,1-4H3/b8-6+. The molecular formula is C19H19ClO4. The highest BCUT2D eigenvalue weighted by atomic mass is 35.5. The van der Waals surface area contributed by atoms with E-state index < -0.39 is 0 Å². The summed E-state index contributed by atoms with van der Waals surface area (Å²) in [6.45, 7) is 1.94. The topological polar surface area (TPSA) is 44.8 Å². The van der Waals surface area contributed by atoms with Gasteiger partial charge in [0.25, 0.3) is 0 Å². The van der Waals surface area contributed by atoms with Crippen LogP contribution in [0.4, 0.5) is 0 Å². The van der Waals surface area contributed by atoms with Gasteiger partial charge in [-0.1, -0.05) is 23.7 Å². The SMILES string of the molecule is COc1cc(C)ccc1C(=O)/C=C/c1cc(Cl)c(OC)c(OC)c1. The molecule has 2 aromatic carbocycles. The number of rotatable bonds is 6. The average Bonchev–Trinajstić information content (AvgIpc) is 2.58. The second kappa shape index (κ2) is 7.88. The lowest BCUT2D eigenvalue weighted by atomic mass is 10.1. The van der Waals surface area contributed by atoms with E-state index in [9.17, 15) is 4.79 Å². The van der Waals surface area contributed by atoms with Gasteiger partial charge in [-0.05, 0) is 48.4 Å². The molecule has 0 spiro atoms. The van der Waals surface area contributed by atoms with Crippen molar-refractivity contribution in [3.05, 3.63) is 58.1 Å². The minimum absolute atomic E-state index is 0.155. The van der Waals surface area contributed by atoms with Crippen LogP contribution in [0.1, 0.15) is 21.5 Å². The Balaban J connectivity index is 2.31. The van der Waals surface area contributed by atoms with Gasteiger partial charge in [0.15, 0.2) is 17.3 Å². The fourth-order valence-corrected chi connectivity index (χ4v) is 2.59. The molecule has 0 bridgehead atoms. The summed E-state index contributed by atoms with van der Waals surface area (Å²) >= 11 is 6.17. The molecule has 0 radical (unpaired) electrons. The van der Waals surface area contributed by atoms with E-state index in [1.54, 1.807) is 31.4 Å². The van der Waals surface area contributed by atoms with Crippen molar-refractivity contribution >= 4 is 23.5 Å². The minimum atomic E-state index is -0.155. The lowest BCUT2D eigenvalue weighted by Gasteiger charge is -2.10. The maximum absolute atomic E-state index is 12.4. The molecule has 0 aliphatic rings. The molecule has 0 saturated heterocycles. The van der Waals surface area contributed by atoms with Gasteiger partial charge in [-0.3, -0.25) is 4.79 Å². The van der Waals surface area contributed by atoms with E-state index in [2.05, 4.69) is 0 Å². The molecule has 24 heavy (non-hydrogen) atoms. The van der Waals surface area contributed by atoms with Gasteiger partial charge in [0.1, 0.15) is 5.75 Å². The van der Waals surface area contributed by atoms with Crippen molar-refractivity contribution < 1.29 is 19.0 Å². The maximum Gasteiger partial charge on any atom is 0.189 e. The molecule has 0 atom stereocenters. The first kappa shape index (κ1) is 17.9. The molecule has 0 saturated carbocycles. The highest BCUT2D eigenvalue weighted by molar-refractivity contribution is 6.32. The van der Waals surface area contributed by atoms with Gasteiger partial charge < -0.3 is 14.2 Å². The number of allylic oxidation sites excluding steroid dienone is 1. The van der Waals surface area contributed by atoms with Crippen LogP contribution >= 0.6 is 11.6 Å². The Morgan fingerprint density at radius 2 is 1.71 bits per heavy atom.